The lowest BCUT2D eigenvalue weighted by Crippen LogP contribution is -2.17. The van der Waals surface area contributed by atoms with Crippen molar-refractivity contribution in [3.05, 3.63) is 29.3 Å². The van der Waals surface area contributed by atoms with Crippen LogP contribution in [0.25, 0.3) is 11.4 Å². The second kappa shape index (κ2) is 6.66. The number of rotatable bonds is 2. The van der Waals surface area contributed by atoms with Crippen molar-refractivity contribution in [3.8, 4) is 11.4 Å². The molecule has 3 rings (SSSR count). The number of benzene rings is 1. The molecule has 0 radical (unpaired) electrons. The van der Waals surface area contributed by atoms with Crippen molar-refractivity contribution in [2.75, 3.05) is 18.0 Å². The van der Waals surface area contributed by atoms with Crippen molar-refractivity contribution in [1.82, 2.24) is 9.36 Å². The molecule has 2 heterocycles. The van der Waals surface area contributed by atoms with Crippen LogP contribution in [0.1, 0.15) is 31.7 Å². The van der Waals surface area contributed by atoms with Gasteiger partial charge >= 0.3 is 0 Å². The standard InChI is InChI=1S/C13H15N3S.C2H6/c1-10-14-13(15-17-10)11-4-6-12(7-5-11)16-8-2-3-9-16;1-2/h4-7H,2-3,8-9H2,1H3;1-2H3. The Morgan fingerprint density at radius 3 is 2.21 bits per heavy atom. The Morgan fingerprint density at radius 1 is 1.05 bits per heavy atom. The van der Waals surface area contributed by atoms with E-state index in [0.29, 0.717) is 0 Å². The molecule has 102 valence electrons. The molecule has 1 aromatic heterocycles. The van der Waals surface area contributed by atoms with Gasteiger partial charge in [0.25, 0.3) is 0 Å². The second-order valence-electron chi connectivity index (χ2n) is 4.38. The summed E-state index contributed by atoms with van der Waals surface area (Å²) in [4.78, 5) is 6.84. The predicted octanol–water partition coefficient (Wildman–Crippen LogP) is 4.14. The zero-order valence-corrected chi connectivity index (χ0v) is 12.7. The first-order chi connectivity index (χ1) is 9.33. The molecule has 0 N–H and O–H groups in total. The van der Waals surface area contributed by atoms with Crippen molar-refractivity contribution in [2.24, 2.45) is 0 Å². The molecule has 1 aliphatic heterocycles. The van der Waals surface area contributed by atoms with Gasteiger partial charge in [-0.25, -0.2) is 4.98 Å². The molecule has 1 fully saturated rings. The number of aryl methyl sites for hydroxylation is 1. The van der Waals surface area contributed by atoms with Gasteiger partial charge in [0.2, 0.25) is 0 Å². The van der Waals surface area contributed by atoms with Crippen LogP contribution in [-0.2, 0) is 0 Å². The van der Waals surface area contributed by atoms with Gasteiger partial charge in [-0.05, 0) is 55.6 Å². The fourth-order valence-electron chi connectivity index (χ4n) is 2.21. The van der Waals surface area contributed by atoms with Gasteiger partial charge < -0.3 is 4.90 Å². The Morgan fingerprint density at radius 2 is 1.68 bits per heavy atom. The number of hydrogen-bond donors (Lipinski definition) is 0. The van der Waals surface area contributed by atoms with E-state index in [1.165, 1.54) is 43.2 Å². The summed E-state index contributed by atoms with van der Waals surface area (Å²) in [5, 5.41) is 1.02. The van der Waals surface area contributed by atoms with Gasteiger partial charge in [-0.15, -0.1) is 0 Å². The zero-order chi connectivity index (χ0) is 13.7. The molecule has 0 bridgehead atoms. The Bertz CT molecular complexity index is 498. The van der Waals surface area contributed by atoms with Gasteiger partial charge in [-0.3, -0.25) is 0 Å². The summed E-state index contributed by atoms with van der Waals surface area (Å²) in [5.74, 6) is 0.848. The van der Waals surface area contributed by atoms with Gasteiger partial charge in [-0.1, -0.05) is 13.8 Å². The summed E-state index contributed by atoms with van der Waals surface area (Å²) in [6, 6.07) is 8.60. The summed E-state index contributed by atoms with van der Waals surface area (Å²) >= 11 is 1.46. The first-order valence-corrected chi connectivity index (χ1v) is 7.76. The molecule has 0 saturated carbocycles. The Balaban J connectivity index is 0.000000637. The van der Waals surface area contributed by atoms with Crippen LogP contribution in [0.15, 0.2) is 24.3 Å². The van der Waals surface area contributed by atoms with Crippen LogP contribution in [0.4, 0.5) is 5.69 Å². The third kappa shape index (κ3) is 3.32. The minimum atomic E-state index is 0.848. The van der Waals surface area contributed by atoms with Crippen LogP contribution in [-0.4, -0.2) is 22.4 Å². The average Bonchev–Trinajstić information content (AvgIpc) is 3.12. The minimum Gasteiger partial charge on any atom is -0.372 e. The molecule has 0 atom stereocenters. The fraction of sp³-hybridized carbons (Fsp3) is 0.467. The number of aromatic nitrogens is 2. The lowest BCUT2D eigenvalue weighted by atomic mass is 10.2. The summed E-state index contributed by atoms with van der Waals surface area (Å²) in [6.45, 7) is 8.36. The number of hydrogen-bond acceptors (Lipinski definition) is 4. The maximum absolute atomic E-state index is 4.40. The van der Waals surface area contributed by atoms with E-state index in [2.05, 4.69) is 38.5 Å². The Labute approximate surface area is 119 Å². The molecule has 1 aromatic carbocycles. The van der Waals surface area contributed by atoms with E-state index in [1.54, 1.807) is 0 Å². The van der Waals surface area contributed by atoms with Crippen LogP contribution in [0.5, 0.6) is 0 Å². The third-order valence-corrected chi connectivity index (χ3v) is 3.74. The van der Waals surface area contributed by atoms with E-state index in [4.69, 9.17) is 0 Å². The summed E-state index contributed by atoms with van der Waals surface area (Å²) in [6.07, 6.45) is 2.63. The third-order valence-electron chi connectivity index (χ3n) is 3.12. The topological polar surface area (TPSA) is 29.0 Å². The van der Waals surface area contributed by atoms with Gasteiger partial charge in [0.15, 0.2) is 5.82 Å². The maximum atomic E-state index is 4.40. The molecule has 4 heteroatoms. The maximum Gasteiger partial charge on any atom is 0.173 e. The summed E-state index contributed by atoms with van der Waals surface area (Å²) in [5.41, 5.74) is 2.43. The molecule has 0 unspecified atom stereocenters. The van der Waals surface area contributed by atoms with Gasteiger partial charge in [0.1, 0.15) is 5.01 Å². The highest BCUT2D eigenvalue weighted by molar-refractivity contribution is 7.05. The lowest BCUT2D eigenvalue weighted by Gasteiger charge is -2.17. The highest BCUT2D eigenvalue weighted by Crippen LogP contribution is 2.24. The first kappa shape index (κ1) is 14.0. The van der Waals surface area contributed by atoms with Gasteiger partial charge in [0, 0.05) is 24.3 Å². The average molecular weight is 275 g/mol. The quantitative estimate of drug-likeness (QED) is 0.825. The van der Waals surface area contributed by atoms with E-state index < -0.39 is 0 Å². The highest BCUT2D eigenvalue weighted by atomic mass is 32.1. The van der Waals surface area contributed by atoms with Crippen molar-refractivity contribution in [2.45, 2.75) is 33.6 Å². The fourth-order valence-corrected chi connectivity index (χ4v) is 2.71. The van der Waals surface area contributed by atoms with Crippen LogP contribution in [0, 0.1) is 6.92 Å². The molecule has 0 amide bonds. The Kier molecular flexibility index (Phi) is 4.91. The SMILES string of the molecule is CC.Cc1nc(-c2ccc(N3CCCC3)cc2)ns1. The molecule has 1 saturated heterocycles. The molecule has 0 aliphatic carbocycles. The van der Waals surface area contributed by atoms with E-state index in [-0.39, 0.29) is 0 Å². The molecule has 3 nitrogen and oxygen atoms in total. The highest BCUT2D eigenvalue weighted by Gasteiger charge is 2.12. The molecular formula is C15H21N3S. The summed E-state index contributed by atoms with van der Waals surface area (Å²) < 4.78 is 4.33. The van der Waals surface area contributed by atoms with E-state index in [1.807, 2.05) is 20.8 Å². The second-order valence-corrected chi connectivity index (χ2v) is 5.33. The Hall–Kier alpha value is -1.42. The minimum absolute atomic E-state index is 0.848. The van der Waals surface area contributed by atoms with E-state index >= 15 is 0 Å². The van der Waals surface area contributed by atoms with Crippen LogP contribution in [0.3, 0.4) is 0 Å². The number of nitrogens with zero attached hydrogens (tertiary/aromatic N) is 3. The molecule has 19 heavy (non-hydrogen) atoms. The van der Waals surface area contributed by atoms with Crippen LogP contribution < -0.4 is 4.90 Å². The monoisotopic (exact) mass is 275 g/mol. The zero-order valence-electron chi connectivity index (χ0n) is 11.9. The van der Waals surface area contributed by atoms with Crippen molar-refractivity contribution >= 4 is 17.2 Å². The largest absolute Gasteiger partial charge is 0.372 e. The van der Waals surface area contributed by atoms with E-state index in [0.717, 1.165) is 16.4 Å². The normalized spacial score (nSPS) is 14.2. The number of anilines is 1. The van der Waals surface area contributed by atoms with Crippen molar-refractivity contribution < 1.29 is 0 Å². The van der Waals surface area contributed by atoms with Crippen LogP contribution in [0.2, 0.25) is 0 Å². The molecule has 1 aliphatic rings. The smallest absolute Gasteiger partial charge is 0.173 e. The lowest BCUT2D eigenvalue weighted by molar-refractivity contribution is 0.949. The van der Waals surface area contributed by atoms with Gasteiger partial charge in [0.05, 0.1) is 0 Å². The van der Waals surface area contributed by atoms with Crippen LogP contribution >= 0.6 is 11.5 Å². The predicted molar refractivity (Wildman–Crippen MR) is 82.9 cm³/mol. The van der Waals surface area contributed by atoms with Crippen molar-refractivity contribution in [3.63, 3.8) is 0 Å². The molecule has 2 aromatic rings. The molecule has 0 spiro atoms. The summed E-state index contributed by atoms with van der Waals surface area (Å²) in [7, 11) is 0. The van der Waals surface area contributed by atoms with Gasteiger partial charge in [-0.2, -0.15) is 4.37 Å². The van der Waals surface area contributed by atoms with E-state index in [9.17, 15) is 0 Å². The van der Waals surface area contributed by atoms with Crippen molar-refractivity contribution in [1.29, 1.82) is 0 Å². The molecular weight excluding hydrogens is 254 g/mol. The first-order valence-electron chi connectivity index (χ1n) is 6.98.